The van der Waals surface area contributed by atoms with Gasteiger partial charge in [0.15, 0.2) is 0 Å². The number of ether oxygens (including phenoxy) is 1. The van der Waals surface area contributed by atoms with Crippen molar-refractivity contribution < 1.29 is 9.53 Å². The standard InChI is InChI=1S/C21H19N3O3S/c1-12-19-18(16-9-4-5-10-17(16)28-19)21(26)24(23-12)13(2)20(25)22-14-7-6-8-15(11-14)27-3/h4-11,13H,1-3H3,(H,22,25). The second-order valence-corrected chi connectivity index (χ2v) is 7.59. The molecule has 0 bridgehead atoms. The van der Waals surface area contributed by atoms with E-state index in [0.29, 0.717) is 16.8 Å². The highest BCUT2D eigenvalue weighted by Crippen LogP contribution is 2.33. The molecule has 0 aliphatic heterocycles. The van der Waals surface area contributed by atoms with Crippen LogP contribution in [-0.2, 0) is 4.79 Å². The van der Waals surface area contributed by atoms with E-state index in [2.05, 4.69) is 10.4 Å². The maximum Gasteiger partial charge on any atom is 0.276 e. The molecule has 1 N–H and O–H groups in total. The Balaban J connectivity index is 1.75. The number of thiophene rings is 1. The lowest BCUT2D eigenvalue weighted by atomic mass is 10.2. The van der Waals surface area contributed by atoms with Crippen LogP contribution in [0.2, 0.25) is 0 Å². The van der Waals surface area contributed by atoms with Gasteiger partial charge in [0.25, 0.3) is 5.56 Å². The zero-order valence-electron chi connectivity index (χ0n) is 15.7. The Morgan fingerprint density at radius 1 is 1.21 bits per heavy atom. The first-order valence-electron chi connectivity index (χ1n) is 8.85. The van der Waals surface area contributed by atoms with Gasteiger partial charge in [-0.3, -0.25) is 9.59 Å². The summed E-state index contributed by atoms with van der Waals surface area (Å²) in [5, 5.41) is 8.76. The van der Waals surface area contributed by atoms with E-state index < -0.39 is 6.04 Å². The van der Waals surface area contributed by atoms with Gasteiger partial charge < -0.3 is 10.1 Å². The summed E-state index contributed by atoms with van der Waals surface area (Å²) >= 11 is 1.55. The topological polar surface area (TPSA) is 73.2 Å². The maximum absolute atomic E-state index is 13.2. The molecule has 0 aliphatic carbocycles. The molecule has 0 spiro atoms. The number of nitrogens with zero attached hydrogens (tertiary/aromatic N) is 2. The van der Waals surface area contributed by atoms with E-state index in [4.69, 9.17) is 4.74 Å². The largest absolute Gasteiger partial charge is 0.497 e. The number of benzene rings is 2. The van der Waals surface area contributed by atoms with E-state index in [0.717, 1.165) is 20.5 Å². The fourth-order valence-electron chi connectivity index (χ4n) is 3.20. The predicted octanol–water partition coefficient (Wildman–Crippen LogP) is 4.13. The third-order valence-corrected chi connectivity index (χ3v) is 5.97. The average molecular weight is 393 g/mol. The van der Waals surface area contributed by atoms with Crippen LogP contribution in [-0.4, -0.2) is 22.8 Å². The fraction of sp³-hybridized carbons (Fsp3) is 0.190. The van der Waals surface area contributed by atoms with Crippen LogP contribution < -0.4 is 15.6 Å². The van der Waals surface area contributed by atoms with Crippen molar-refractivity contribution in [3.63, 3.8) is 0 Å². The van der Waals surface area contributed by atoms with Crippen molar-refractivity contribution in [3.05, 3.63) is 64.6 Å². The lowest BCUT2D eigenvalue weighted by Crippen LogP contribution is -2.33. The quantitative estimate of drug-likeness (QED) is 0.566. The Hall–Kier alpha value is -3.19. The van der Waals surface area contributed by atoms with Crippen LogP contribution >= 0.6 is 11.3 Å². The minimum atomic E-state index is -0.763. The van der Waals surface area contributed by atoms with E-state index in [1.165, 1.54) is 4.68 Å². The molecule has 28 heavy (non-hydrogen) atoms. The molecular weight excluding hydrogens is 374 g/mol. The van der Waals surface area contributed by atoms with Gasteiger partial charge in [-0.1, -0.05) is 24.3 Å². The molecule has 2 aromatic carbocycles. The third-order valence-electron chi connectivity index (χ3n) is 4.69. The molecule has 2 aromatic heterocycles. The van der Waals surface area contributed by atoms with E-state index in [9.17, 15) is 9.59 Å². The molecule has 6 nitrogen and oxygen atoms in total. The van der Waals surface area contributed by atoms with Gasteiger partial charge in [0.2, 0.25) is 5.91 Å². The summed E-state index contributed by atoms with van der Waals surface area (Å²) in [7, 11) is 1.57. The summed E-state index contributed by atoms with van der Waals surface area (Å²) in [6.07, 6.45) is 0. The zero-order valence-corrected chi connectivity index (χ0v) is 16.5. The van der Waals surface area contributed by atoms with Gasteiger partial charge in [0, 0.05) is 21.8 Å². The van der Waals surface area contributed by atoms with Gasteiger partial charge in [-0.15, -0.1) is 11.3 Å². The Kier molecular flexibility index (Phi) is 4.60. The van der Waals surface area contributed by atoms with Gasteiger partial charge in [-0.25, -0.2) is 4.68 Å². The molecule has 4 aromatic rings. The van der Waals surface area contributed by atoms with Gasteiger partial charge >= 0.3 is 0 Å². The Morgan fingerprint density at radius 2 is 2.00 bits per heavy atom. The number of methoxy groups -OCH3 is 1. The molecular formula is C21H19N3O3S. The predicted molar refractivity (Wildman–Crippen MR) is 112 cm³/mol. The molecule has 1 unspecified atom stereocenters. The summed E-state index contributed by atoms with van der Waals surface area (Å²) in [5.74, 6) is 0.323. The summed E-state index contributed by atoms with van der Waals surface area (Å²) in [6.45, 7) is 3.53. The molecule has 142 valence electrons. The number of nitrogens with one attached hydrogen (secondary N) is 1. The number of rotatable bonds is 4. The first kappa shape index (κ1) is 18.2. The van der Waals surface area contributed by atoms with Crippen molar-refractivity contribution in [1.82, 2.24) is 9.78 Å². The van der Waals surface area contributed by atoms with E-state index >= 15 is 0 Å². The number of hydrogen-bond donors (Lipinski definition) is 1. The Morgan fingerprint density at radius 3 is 2.79 bits per heavy atom. The smallest absolute Gasteiger partial charge is 0.276 e. The van der Waals surface area contributed by atoms with Crippen LogP contribution in [0.25, 0.3) is 20.2 Å². The molecule has 1 atom stereocenters. The van der Waals surface area contributed by atoms with E-state index in [-0.39, 0.29) is 11.5 Å². The molecule has 1 amide bonds. The first-order valence-corrected chi connectivity index (χ1v) is 9.67. The van der Waals surface area contributed by atoms with Crippen molar-refractivity contribution in [1.29, 1.82) is 0 Å². The van der Waals surface area contributed by atoms with Crippen LogP contribution in [0.4, 0.5) is 5.69 Å². The van der Waals surface area contributed by atoms with Crippen molar-refractivity contribution in [2.45, 2.75) is 19.9 Å². The summed E-state index contributed by atoms with van der Waals surface area (Å²) in [6, 6.07) is 14.1. The Labute approximate surface area is 165 Å². The van der Waals surface area contributed by atoms with Crippen LogP contribution in [0.1, 0.15) is 18.7 Å². The van der Waals surface area contributed by atoms with Crippen molar-refractivity contribution >= 4 is 43.1 Å². The number of carbonyl (C=O) groups is 1. The number of carbonyl (C=O) groups excluding carboxylic acids is 1. The number of anilines is 1. The SMILES string of the molecule is COc1cccc(NC(=O)C(C)n2nc(C)c3sc4ccccc4c3c2=O)c1. The summed E-state index contributed by atoms with van der Waals surface area (Å²) in [5.41, 5.74) is 1.08. The summed E-state index contributed by atoms with van der Waals surface area (Å²) < 4.78 is 8.35. The monoisotopic (exact) mass is 393 g/mol. The van der Waals surface area contributed by atoms with Crippen LogP contribution in [0.15, 0.2) is 53.3 Å². The molecule has 0 saturated carbocycles. The van der Waals surface area contributed by atoms with E-state index in [1.807, 2.05) is 31.2 Å². The van der Waals surface area contributed by atoms with Crippen molar-refractivity contribution in [2.24, 2.45) is 0 Å². The minimum Gasteiger partial charge on any atom is -0.497 e. The fourth-order valence-corrected chi connectivity index (χ4v) is 4.34. The van der Waals surface area contributed by atoms with Gasteiger partial charge in [-0.2, -0.15) is 5.10 Å². The van der Waals surface area contributed by atoms with Crippen molar-refractivity contribution in [3.8, 4) is 5.75 Å². The lowest BCUT2D eigenvalue weighted by Gasteiger charge is -2.15. The molecule has 4 rings (SSSR count). The second-order valence-electron chi connectivity index (χ2n) is 6.53. The van der Waals surface area contributed by atoms with Gasteiger partial charge in [-0.05, 0) is 32.0 Å². The van der Waals surface area contributed by atoms with Crippen molar-refractivity contribution in [2.75, 3.05) is 12.4 Å². The zero-order chi connectivity index (χ0) is 19.8. The minimum absolute atomic E-state index is 0.258. The molecule has 0 radical (unpaired) electrons. The van der Waals surface area contributed by atoms with Crippen LogP contribution in [0.3, 0.4) is 0 Å². The molecule has 0 aliphatic rings. The maximum atomic E-state index is 13.2. The number of hydrogen-bond acceptors (Lipinski definition) is 5. The molecule has 0 fully saturated rings. The highest BCUT2D eigenvalue weighted by Gasteiger charge is 2.22. The Bertz CT molecular complexity index is 1260. The highest BCUT2D eigenvalue weighted by atomic mass is 32.1. The lowest BCUT2D eigenvalue weighted by molar-refractivity contribution is -0.119. The average Bonchev–Trinajstić information content (AvgIpc) is 3.11. The molecule has 2 heterocycles. The summed E-state index contributed by atoms with van der Waals surface area (Å²) in [4.78, 5) is 25.9. The number of fused-ring (bicyclic) bond motifs is 3. The van der Waals surface area contributed by atoms with Crippen LogP contribution in [0.5, 0.6) is 5.75 Å². The highest BCUT2D eigenvalue weighted by molar-refractivity contribution is 7.26. The third kappa shape index (κ3) is 3.03. The molecule has 7 heteroatoms. The van der Waals surface area contributed by atoms with Gasteiger partial charge in [0.1, 0.15) is 11.8 Å². The van der Waals surface area contributed by atoms with Gasteiger partial charge in [0.05, 0.1) is 22.9 Å². The van der Waals surface area contributed by atoms with Crippen LogP contribution in [0, 0.1) is 6.92 Å². The van der Waals surface area contributed by atoms with E-state index in [1.54, 1.807) is 49.6 Å². The molecule has 0 saturated heterocycles. The number of aryl methyl sites for hydroxylation is 1. The normalized spacial score (nSPS) is 12.2. The number of aromatic nitrogens is 2. The second kappa shape index (κ2) is 7.09. The number of amides is 1. The first-order chi connectivity index (χ1) is 13.5.